The molecule has 2 atom stereocenters. The maximum Gasteiger partial charge on any atom is 0.211 e. The van der Waals surface area contributed by atoms with Crippen LogP contribution in [0.5, 0.6) is 0 Å². The first kappa shape index (κ1) is 21.7. The van der Waals surface area contributed by atoms with Crippen LogP contribution >= 0.6 is 34.8 Å². The Labute approximate surface area is 180 Å². The maximum absolute atomic E-state index is 12.5. The van der Waals surface area contributed by atoms with Gasteiger partial charge in [0, 0.05) is 41.0 Å². The fourth-order valence-corrected chi connectivity index (χ4v) is 5.40. The molecule has 0 radical (unpaired) electrons. The molecule has 3 rings (SSSR count). The molecule has 2 aromatic carbocycles. The lowest BCUT2D eigenvalue weighted by Crippen LogP contribution is -2.58. The molecule has 0 amide bonds. The second kappa shape index (κ2) is 8.78. The Morgan fingerprint density at radius 3 is 2.25 bits per heavy atom. The number of halogens is 3. The number of nitrogens with zero attached hydrogens (tertiary/aromatic N) is 2. The molecule has 0 aliphatic carbocycles. The predicted molar refractivity (Wildman–Crippen MR) is 115 cm³/mol. The second-order valence-corrected chi connectivity index (χ2v) is 9.89. The zero-order valence-corrected chi connectivity index (χ0v) is 18.6. The van der Waals surface area contributed by atoms with E-state index in [9.17, 15) is 8.42 Å². The summed E-state index contributed by atoms with van der Waals surface area (Å²) in [6.45, 7) is 1.07. The molecule has 0 bridgehead atoms. The topological polar surface area (TPSA) is 49.9 Å². The number of hydrogen-bond donors (Lipinski definition) is 0. The normalized spacial score (nSPS) is 21.1. The molecule has 28 heavy (non-hydrogen) atoms. The third kappa shape index (κ3) is 4.58. The fourth-order valence-electron chi connectivity index (χ4n) is 3.67. The Hall–Kier alpha value is -1.02. The summed E-state index contributed by atoms with van der Waals surface area (Å²) in [7, 11) is -1.88. The number of hydrogen-bond acceptors (Lipinski definition) is 4. The molecule has 0 aromatic heterocycles. The third-order valence-corrected chi connectivity index (χ3v) is 6.95. The number of anilines is 1. The van der Waals surface area contributed by atoms with Crippen LogP contribution in [0, 0.1) is 0 Å². The Kier molecular flexibility index (Phi) is 6.80. The zero-order valence-electron chi connectivity index (χ0n) is 15.5. The first-order valence-electron chi connectivity index (χ1n) is 8.65. The number of piperazine rings is 1. The van der Waals surface area contributed by atoms with Gasteiger partial charge in [0.2, 0.25) is 10.0 Å². The van der Waals surface area contributed by atoms with Gasteiger partial charge in [-0.05, 0) is 42.0 Å². The molecule has 152 valence electrons. The van der Waals surface area contributed by atoms with Gasteiger partial charge in [-0.1, -0.05) is 40.9 Å². The van der Waals surface area contributed by atoms with Crippen LogP contribution in [0.3, 0.4) is 0 Å². The van der Waals surface area contributed by atoms with E-state index in [0.29, 0.717) is 28.2 Å². The highest BCUT2D eigenvalue weighted by molar-refractivity contribution is 7.88. The molecule has 0 N–H and O–H groups in total. The summed E-state index contributed by atoms with van der Waals surface area (Å²) in [6, 6.07) is 11.9. The molecule has 0 spiro atoms. The highest BCUT2D eigenvalue weighted by atomic mass is 35.5. The van der Waals surface area contributed by atoms with Crippen LogP contribution in [0.1, 0.15) is 11.6 Å². The van der Waals surface area contributed by atoms with Crippen LogP contribution in [0.25, 0.3) is 0 Å². The van der Waals surface area contributed by atoms with Crippen LogP contribution < -0.4 is 4.90 Å². The summed E-state index contributed by atoms with van der Waals surface area (Å²) in [4.78, 5) is 2.14. The molecule has 2 aromatic rings. The van der Waals surface area contributed by atoms with Gasteiger partial charge in [0.25, 0.3) is 0 Å². The summed E-state index contributed by atoms with van der Waals surface area (Å²) < 4.78 is 31.8. The SMILES string of the molecule is COC[C@@H]1[C@H](c2ccc(Cl)cc2Cl)N(c2ccc(Cl)cc2)CCN1S(C)(=O)=O. The van der Waals surface area contributed by atoms with Crippen molar-refractivity contribution < 1.29 is 13.2 Å². The average molecular weight is 464 g/mol. The van der Waals surface area contributed by atoms with Crippen molar-refractivity contribution in [3.8, 4) is 0 Å². The predicted octanol–water partition coefficient (Wildman–Crippen LogP) is 4.48. The molecule has 1 saturated heterocycles. The number of sulfonamides is 1. The molecule has 1 heterocycles. The van der Waals surface area contributed by atoms with Crippen molar-refractivity contribution in [1.82, 2.24) is 4.31 Å². The van der Waals surface area contributed by atoms with Crippen LogP contribution in [0.15, 0.2) is 42.5 Å². The first-order valence-corrected chi connectivity index (χ1v) is 11.6. The minimum absolute atomic E-state index is 0.223. The molecule has 0 saturated carbocycles. The van der Waals surface area contributed by atoms with E-state index in [2.05, 4.69) is 4.90 Å². The first-order chi connectivity index (χ1) is 13.2. The quantitative estimate of drug-likeness (QED) is 0.656. The van der Waals surface area contributed by atoms with Crippen LogP contribution in [0.2, 0.25) is 15.1 Å². The molecule has 5 nitrogen and oxygen atoms in total. The van der Waals surface area contributed by atoms with E-state index < -0.39 is 16.1 Å². The number of ether oxygens (including phenoxy) is 1. The van der Waals surface area contributed by atoms with E-state index in [4.69, 9.17) is 39.5 Å². The van der Waals surface area contributed by atoms with E-state index in [-0.39, 0.29) is 12.6 Å². The van der Waals surface area contributed by atoms with Gasteiger partial charge in [0.1, 0.15) is 0 Å². The van der Waals surface area contributed by atoms with Crippen molar-refractivity contribution in [2.45, 2.75) is 12.1 Å². The van der Waals surface area contributed by atoms with Gasteiger partial charge in [-0.2, -0.15) is 4.31 Å². The van der Waals surface area contributed by atoms with Gasteiger partial charge in [-0.15, -0.1) is 0 Å². The van der Waals surface area contributed by atoms with Gasteiger partial charge in [0.05, 0.1) is 24.9 Å². The molecule has 1 aliphatic heterocycles. The van der Waals surface area contributed by atoms with Crippen molar-refractivity contribution in [2.24, 2.45) is 0 Å². The maximum atomic E-state index is 12.5. The number of methoxy groups -OCH3 is 1. The Balaban J connectivity index is 2.15. The smallest absolute Gasteiger partial charge is 0.211 e. The van der Waals surface area contributed by atoms with E-state index in [1.165, 1.54) is 10.6 Å². The minimum Gasteiger partial charge on any atom is -0.383 e. The Morgan fingerprint density at radius 2 is 1.68 bits per heavy atom. The van der Waals surface area contributed by atoms with E-state index in [1.807, 2.05) is 30.3 Å². The molecule has 9 heteroatoms. The van der Waals surface area contributed by atoms with Gasteiger partial charge in [0.15, 0.2) is 0 Å². The minimum atomic E-state index is -3.44. The lowest BCUT2D eigenvalue weighted by atomic mass is 9.94. The monoisotopic (exact) mass is 462 g/mol. The zero-order chi connectivity index (χ0) is 20.5. The van der Waals surface area contributed by atoms with E-state index >= 15 is 0 Å². The molecule has 1 aliphatic rings. The van der Waals surface area contributed by atoms with E-state index in [0.717, 1.165) is 11.3 Å². The van der Waals surface area contributed by atoms with Crippen molar-refractivity contribution in [3.63, 3.8) is 0 Å². The lowest BCUT2D eigenvalue weighted by Gasteiger charge is -2.47. The number of benzene rings is 2. The van der Waals surface area contributed by atoms with Crippen LogP contribution in [-0.4, -0.2) is 51.8 Å². The number of rotatable bonds is 5. The molecular weight excluding hydrogens is 443 g/mol. The summed E-state index contributed by atoms with van der Waals surface area (Å²) in [6.07, 6.45) is 1.22. The second-order valence-electron chi connectivity index (χ2n) is 6.68. The summed E-state index contributed by atoms with van der Waals surface area (Å²) in [5, 5.41) is 1.63. The standard InChI is InChI=1S/C19H21Cl3N2O3S/c1-27-12-18-19(16-8-5-14(21)11-17(16)22)23(9-10-24(18)28(2,25)26)15-6-3-13(20)4-7-15/h3-8,11,18-19H,9-10,12H2,1-2H3/t18-,19+/m1/s1. The molecular formula is C19H21Cl3N2O3S. The van der Waals surface area contributed by atoms with Gasteiger partial charge < -0.3 is 9.64 Å². The van der Waals surface area contributed by atoms with E-state index in [1.54, 1.807) is 19.2 Å². The average Bonchev–Trinajstić information content (AvgIpc) is 2.62. The van der Waals surface area contributed by atoms with Gasteiger partial charge >= 0.3 is 0 Å². The van der Waals surface area contributed by atoms with Crippen LogP contribution in [0.4, 0.5) is 5.69 Å². The van der Waals surface area contributed by atoms with Crippen molar-refractivity contribution in [2.75, 3.05) is 38.0 Å². The largest absolute Gasteiger partial charge is 0.383 e. The van der Waals surface area contributed by atoms with Gasteiger partial charge in [-0.25, -0.2) is 8.42 Å². The molecule has 1 fully saturated rings. The summed E-state index contributed by atoms with van der Waals surface area (Å²) in [5.41, 5.74) is 1.71. The summed E-state index contributed by atoms with van der Waals surface area (Å²) >= 11 is 18.7. The van der Waals surface area contributed by atoms with Crippen LogP contribution in [-0.2, 0) is 14.8 Å². The Morgan fingerprint density at radius 1 is 1.04 bits per heavy atom. The molecule has 0 unspecified atom stereocenters. The van der Waals surface area contributed by atoms with Crippen molar-refractivity contribution >= 4 is 50.5 Å². The van der Waals surface area contributed by atoms with Gasteiger partial charge in [-0.3, -0.25) is 0 Å². The lowest BCUT2D eigenvalue weighted by molar-refractivity contribution is 0.104. The highest BCUT2D eigenvalue weighted by Crippen LogP contribution is 2.40. The third-order valence-electron chi connectivity index (χ3n) is 4.83. The fraction of sp³-hybridized carbons (Fsp3) is 0.368. The van der Waals surface area contributed by atoms with Crippen molar-refractivity contribution in [3.05, 3.63) is 63.1 Å². The van der Waals surface area contributed by atoms with Crippen molar-refractivity contribution in [1.29, 1.82) is 0 Å². The Bertz CT molecular complexity index is 938. The highest BCUT2D eigenvalue weighted by Gasteiger charge is 2.42. The summed E-state index contributed by atoms with van der Waals surface area (Å²) in [5.74, 6) is 0.